The molecule has 1 heterocycles. The average molecular weight is 252 g/mol. The third kappa shape index (κ3) is 2.54. The Kier molecular flexibility index (Phi) is 3.57. The lowest BCUT2D eigenvalue weighted by molar-refractivity contribution is 0.0692. The molecule has 4 nitrogen and oxygen atoms in total. The fraction of sp³-hybridized carbons (Fsp3) is 0.583. The summed E-state index contributed by atoms with van der Waals surface area (Å²) in [5.74, 6) is -0.660. The van der Waals surface area contributed by atoms with Crippen molar-refractivity contribution in [1.82, 2.24) is 9.97 Å². The van der Waals surface area contributed by atoms with Crippen LogP contribution in [-0.2, 0) is 0 Å². The fourth-order valence-electron chi connectivity index (χ4n) is 2.55. The van der Waals surface area contributed by atoms with Crippen molar-refractivity contribution < 1.29 is 9.90 Å². The van der Waals surface area contributed by atoms with Crippen molar-refractivity contribution in [2.24, 2.45) is 0 Å². The Labute approximate surface area is 105 Å². The Hall–Kier alpha value is -1.23. The van der Waals surface area contributed by atoms with Crippen molar-refractivity contribution in [3.8, 4) is 0 Å². The number of rotatable bonds is 2. The van der Waals surface area contributed by atoms with Crippen molar-refractivity contribution in [3.63, 3.8) is 0 Å². The number of carboxylic acids is 1. The van der Waals surface area contributed by atoms with Gasteiger partial charge in [0, 0.05) is 11.6 Å². The molecule has 1 aromatic rings. The number of aromatic carboxylic acids is 1. The van der Waals surface area contributed by atoms with Gasteiger partial charge in [0.25, 0.3) is 0 Å². The second kappa shape index (κ2) is 4.96. The van der Waals surface area contributed by atoms with Crippen LogP contribution in [0.4, 0.5) is 0 Å². The Balaban J connectivity index is 2.50. The first kappa shape index (κ1) is 12.2. The Morgan fingerprint density at radius 3 is 2.65 bits per heavy atom. The fourth-order valence-corrected chi connectivity index (χ4v) is 2.80. The maximum absolute atomic E-state index is 11.3. The molecule has 2 rings (SSSR count). The quantitative estimate of drug-likeness (QED) is 0.793. The smallest absolute Gasteiger partial charge is 0.339 e. The minimum absolute atomic E-state index is 0.254. The Morgan fingerprint density at radius 2 is 2.06 bits per heavy atom. The topological polar surface area (TPSA) is 66.0 Å². The summed E-state index contributed by atoms with van der Waals surface area (Å²) in [5, 5.41) is 9.27. The normalized spacial score (nSPS) is 17.0. The molecule has 0 aromatic carbocycles. The van der Waals surface area contributed by atoms with E-state index in [1.807, 2.05) is 0 Å². The molecule has 1 fully saturated rings. The lowest BCUT2D eigenvalue weighted by Crippen LogP contribution is -2.15. The van der Waals surface area contributed by atoms with Crippen molar-refractivity contribution in [2.75, 3.05) is 0 Å². The number of carbonyl (C=O) groups is 1. The number of nitrogens with one attached hydrogen (secondary N) is 1. The molecular formula is C12H16N2O2S. The van der Waals surface area contributed by atoms with E-state index >= 15 is 0 Å². The molecule has 0 bridgehead atoms. The van der Waals surface area contributed by atoms with Gasteiger partial charge in [0.1, 0.15) is 5.56 Å². The Bertz CT molecular complexity index is 490. The zero-order valence-electron chi connectivity index (χ0n) is 9.82. The van der Waals surface area contributed by atoms with Crippen LogP contribution in [0.25, 0.3) is 0 Å². The van der Waals surface area contributed by atoms with Crippen LogP contribution < -0.4 is 0 Å². The first-order valence-corrected chi connectivity index (χ1v) is 6.34. The van der Waals surface area contributed by atoms with E-state index < -0.39 is 5.97 Å². The summed E-state index contributed by atoms with van der Waals surface area (Å²) in [4.78, 5) is 18.4. The van der Waals surface area contributed by atoms with Crippen LogP contribution in [0.3, 0.4) is 0 Å². The number of hydrogen-bond acceptors (Lipinski definition) is 3. The molecule has 17 heavy (non-hydrogen) atoms. The minimum atomic E-state index is -0.915. The number of aromatic amines is 1. The molecule has 5 heteroatoms. The zero-order chi connectivity index (χ0) is 12.4. The van der Waals surface area contributed by atoms with Gasteiger partial charge in [-0.3, -0.25) is 0 Å². The number of H-pyrrole nitrogens is 1. The monoisotopic (exact) mass is 252 g/mol. The largest absolute Gasteiger partial charge is 0.478 e. The van der Waals surface area contributed by atoms with Gasteiger partial charge in [-0.25, -0.2) is 9.78 Å². The second-order valence-electron chi connectivity index (χ2n) is 4.57. The highest BCUT2D eigenvalue weighted by Gasteiger charge is 2.24. The molecule has 1 aliphatic rings. The zero-order valence-corrected chi connectivity index (χ0v) is 10.6. The second-order valence-corrected chi connectivity index (χ2v) is 4.95. The van der Waals surface area contributed by atoms with Crippen molar-refractivity contribution in [3.05, 3.63) is 21.7 Å². The van der Waals surface area contributed by atoms with Gasteiger partial charge < -0.3 is 10.1 Å². The maximum Gasteiger partial charge on any atom is 0.339 e. The van der Waals surface area contributed by atoms with E-state index in [0.29, 0.717) is 21.7 Å². The predicted molar refractivity (Wildman–Crippen MR) is 66.9 cm³/mol. The summed E-state index contributed by atoms with van der Waals surface area (Å²) in [5.41, 5.74) is 1.60. The van der Waals surface area contributed by atoms with Crippen LogP contribution in [0, 0.1) is 11.7 Å². The van der Waals surface area contributed by atoms with Crippen molar-refractivity contribution in [2.45, 2.75) is 44.9 Å². The summed E-state index contributed by atoms with van der Waals surface area (Å²) in [6.45, 7) is 1.74. The van der Waals surface area contributed by atoms with E-state index in [0.717, 1.165) is 25.7 Å². The summed E-state index contributed by atoms with van der Waals surface area (Å²) < 4.78 is 0.382. The number of aromatic nitrogens is 2. The molecule has 0 unspecified atom stereocenters. The summed E-state index contributed by atoms with van der Waals surface area (Å²) in [6, 6.07) is 0. The first-order chi connectivity index (χ1) is 8.09. The van der Waals surface area contributed by atoms with E-state index in [1.165, 1.54) is 6.42 Å². The molecule has 1 aliphatic carbocycles. The van der Waals surface area contributed by atoms with Gasteiger partial charge in [-0.1, -0.05) is 19.3 Å². The maximum atomic E-state index is 11.3. The molecule has 0 atom stereocenters. The first-order valence-electron chi connectivity index (χ1n) is 5.93. The molecular weight excluding hydrogens is 236 g/mol. The molecule has 0 radical (unpaired) electrons. The van der Waals surface area contributed by atoms with Crippen molar-refractivity contribution in [1.29, 1.82) is 0 Å². The number of carboxylic acid groups (broad SMARTS) is 1. The van der Waals surface area contributed by atoms with Gasteiger partial charge >= 0.3 is 5.97 Å². The third-order valence-electron chi connectivity index (χ3n) is 3.35. The van der Waals surface area contributed by atoms with Crippen molar-refractivity contribution >= 4 is 18.2 Å². The average Bonchev–Trinajstić information content (AvgIpc) is 2.28. The molecule has 92 valence electrons. The van der Waals surface area contributed by atoms with E-state index in [1.54, 1.807) is 6.92 Å². The van der Waals surface area contributed by atoms with Gasteiger partial charge in [-0.05, 0) is 32.0 Å². The highest BCUT2D eigenvalue weighted by Crippen LogP contribution is 2.33. The molecule has 0 aliphatic heterocycles. The highest BCUT2D eigenvalue weighted by atomic mass is 32.1. The van der Waals surface area contributed by atoms with Crippen LogP contribution in [0.15, 0.2) is 0 Å². The highest BCUT2D eigenvalue weighted by molar-refractivity contribution is 7.71. The number of hydrogen-bond donors (Lipinski definition) is 2. The summed E-state index contributed by atoms with van der Waals surface area (Å²) >= 11 is 5.04. The SMILES string of the molecule is Cc1[nH]c(=S)nc(C2CCCCC2)c1C(=O)O. The van der Waals surface area contributed by atoms with Gasteiger partial charge in [-0.15, -0.1) is 0 Å². The molecule has 1 aromatic heterocycles. The standard InChI is InChI=1S/C12H16N2O2S/c1-7-9(11(15)16)10(14-12(17)13-7)8-5-3-2-4-6-8/h8H,2-6H2,1H3,(H,15,16)(H,13,14,17). The van der Waals surface area contributed by atoms with Gasteiger partial charge in [0.05, 0.1) is 5.69 Å². The molecule has 0 saturated heterocycles. The number of aryl methyl sites for hydroxylation is 1. The lowest BCUT2D eigenvalue weighted by atomic mass is 9.85. The lowest BCUT2D eigenvalue weighted by Gasteiger charge is -2.22. The van der Waals surface area contributed by atoms with Gasteiger partial charge in [0.15, 0.2) is 4.77 Å². The van der Waals surface area contributed by atoms with Crippen LogP contribution in [0.5, 0.6) is 0 Å². The number of nitrogens with zero attached hydrogens (tertiary/aromatic N) is 1. The van der Waals surface area contributed by atoms with Gasteiger partial charge in [-0.2, -0.15) is 0 Å². The van der Waals surface area contributed by atoms with Crippen LogP contribution in [0.2, 0.25) is 0 Å². The predicted octanol–water partition coefficient (Wildman–Crippen LogP) is 3.19. The third-order valence-corrected chi connectivity index (χ3v) is 3.55. The Morgan fingerprint density at radius 1 is 1.41 bits per heavy atom. The van der Waals surface area contributed by atoms with E-state index in [2.05, 4.69) is 9.97 Å². The summed E-state index contributed by atoms with van der Waals surface area (Å²) in [6.07, 6.45) is 5.57. The van der Waals surface area contributed by atoms with Gasteiger partial charge in [0.2, 0.25) is 0 Å². The molecule has 0 amide bonds. The molecule has 2 N–H and O–H groups in total. The van der Waals surface area contributed by atoms with E-state index in [9.17, 15) is 9.90 Å². The van der Waals surface area contributed by atoms with Crippen LogP contribution >= 0.6 is 12.2 Å². The van der Waals surface area contributed by atoms with Crippen LogP contribution in [0.1, 0.15) is 59.8 Å². The molecule has 0 spiro atoms. The summed E-state index contributed by atoms with van der Waals surface area (Å²) in [7, 11) is 0. The molecule has 1 saturated carbocycles. The van der Waals surface area contributed by atoms with E-state index in [-0.39, 0.29) is 5.92 Å². The van der Waals surface area contributed by atoms with E-state index in [4.69, 9.17) is 12.2 Å². The van der Waals surface area contributed by atoms with Crippen LogP contribution in [-0.4, -0.2) is 21.0 Å². The minimum Gasteiger partial charge on any atom is -0.478 e.